The molecule has 4 fully saturated rings. The number of ether oxygens (including phenoxy) is 1. The van der Waals surface area contributed by atoms with Crippen molar-refractivity contribution in [2.75, 3.05) is 19.7 Å². The smallest absolute Gasteiger partial charge is 0.318 e. The van der Waals surface area contributed by atoms with Crippen LogP contribution in [-0.2, 0) is 14.9 Å². The minimum absolute atomic E-state index is 0.0794. The molecule has 1 aromatic rings. The van der Waals surface area contributed by atoms with Crippen molar-refractivity contribution >= 4 is 11.9 Å². The molecule has 1 N–H and O–H groups in total. The number of nitrogens with zero attached hydrogens (tertiary/aromatic N) is 2. The molecule has 0 radical (unpaired) electrons. The third kappa shape index (κ3) is 4.14. The van der Waals surface area contributed by atoms with Gasteiger partial charge in [0, 0.05) is 37.8 Å². The summed E-state index contributed by atoms with van der Waals surface area (Å²) in [6, 6.07) is 11.1. The highest BCUT2D eigenvalue weighted by Gasteiger charge is 2.54. The fourth-order valence-electron chi connectivity index (χ4n) is 5.82. The molecule has 3 amide bonds. The van der Waals surface area contributed by atoms with Gasteiger partial charge >= 0.3 is 6.03 Å². The van der Waals surface area contributed by atoms with Crippen LogP contribution in [0.25, 0.3) is 0 Å². The average Bonchev–Trinajstić information content (AvgIpc) is 3.69. The molecule has 2 heterocycles. The Hall–Kier alpha value is -2.08. The Morgan fingerprint density at radius 3 is 2.31 bits per heavy atom. The summed E-state index contributed by atoms with van der Waals surface area (Å²) < 4.78 is 6.37. The number of benzene rings is 1. The Labute approximate surface area is 191 Å². The first-order valence-electron chi connectivity index (χ1n) is 12.5. The van der Waals surface area contributed by atoms with Gasteiger partial charge in [0.1, 0.15) is 0 Å². The second-order valence-electron chi connectivity index (χ2n) is 10.7. The van der Waals surface area contributed by atoms with E-state index in [1.54, 1.807) is 0 Å². The van der Waals surface area contributed by atoms with E-state index in [1.165, 1.54) is 0 Å². The standard InChI is InChI=1S/C26H37N3O3/c1-19(2)27-24(31)29(21-8-9-21)22-10-17-32-25(18-22)13-15-28(16-14-25)23(30)26(11-12-26)20-6-4-3-5-7-20/h3-7,19,21-22H,8-18H2,1-2H3,(H,27,31). The van der Waals surface area contributed by atoms with E-state index in [0.717, 1.165) is 70.0 Å². The number of nitrogens with one attached hydrogen (secondary N) is 1. The van der Waals surface area contributed by atoms with Crippen LogP contribution in [0, 0.1) is 0 Å². The second kappa shape index (κ2) is 8.36. The van der Waals surface area contributed by atoms with Crippen molar-refractivity contribution in [1.82, 2.24) is 15.1 Å². The van der Waals surface area contributed by atoms with Crippen LogP contribution >= 0.6 is 0 Å². The number of likely N-dealkylation sites (tertiary alicyclic amines) is 1. The van der Waals surface area contributed by atoms with E-state index < -0.39 is 0 Å². The van der Waals surface area contributed by atoms with E-state index in [2.05, 4.69) is 27.2 Å². The Bertz CT molecular complexity index is 839. The highest BCUT2D eigenvalue weighted by Crippen LogP contribution is 2.50. The molecule has 6 nitrogen and oxygen atoms in total. The molecule has 6 heteroatoms. The Balaban J connectivity index is 1.23. The molecule has 2 saturated heterocycles. The molecule has 5 rings (SSSR count). The summed E-state index contributed by atoms with van der Waals surface area (Å²) in [7, 11) is 0. The van der Waals surface area contributed by atoms with E-state index >= 15 is 0 Å². The maximum Gasteiger partial charge on any atom is 0.318 e. The van der Waals surface area contributed by atoms with E-state index in [0.29, 0.717) is 18.6 Å². The Morgan fingerprint density at radius 1 is 1.03 bits per heavy atom. The Morgan fingerprint density at radius 2 is 1.72 bits per heavy atom. The monoisotopic (exact) mass is 439 g/mol. The lowest BCUT2D eigenvalue weighted by Gasteiger charge is -2.49. The number of urea groups is 1. The van der Waals surface area contributed by atoms with Crippen LogP contribution in [0.4, 0.5) is 4.79 Å². The predicted octanol–water partition coefficient (Wildman–Crippen LogP) is 3.84. The summed E-state index contributed by atoms with van der Waals surface area (Å²) >= 11 is 0. The zero-order valence-corrected chi connectivity index (χ0v) is 19.5. The zero-order chi connectivity index (χ0) is 22.3. The van der Waals surface area contributed by atoms with Crippen LogP contribution in [0.1, 0.15) is 70.8 Å². The van der Waals surface area contributed by atoms with Gasteiger partial charge in [-0.1, -0.05) is 30.3 Å². The zero-order valence-electron chi connectivity index (χ0n) is 19.5. The third-order valence-electron chi connectivity index (χ3n) is 7.89. The highest BCUT2D eigenvalue weighted by atomic mass is 16.5. The molecule has 2 aliphatic heterocycles. The largest absolute Gasteiger partial charge is 0.375 e. The molecule has 0 bridgehead atoms. The highest BCUT2D eigenvalue weighted by molar-refractivity contribution is 5.91. The summed E-state index contributed by atoms with van der Waals surface area (Å²) in [6.45, 7) is 6.24. The lowest BCUT2D eigenvalue weighted by atomic mass is 9.81. The summed E-state index contributed by atoms with van der Waals surface area (Å²) in [4.78, 5) is 30.6. The van der Waals surface area contributed by atoms with Crippen molar-refractivity contribution in [3.63, 3.8) is 0 Å². The first kappa shape index (κ1) is 21.7. The van der Waals surface area contributed by atoms with E-state index in [-0.39, 0.29) is 29.1 Å². The van der Waals surface area contributed by atoms with Gasteiger partial charge < -0.3 is 19.9 Å². The number of carbonyl (C=O) groups excluding carboxylic acids is 2. The molecule has 1 unspecified atom stereocenters. The first-order chi connectivity index (χ1) is 15.4. The minimum Gasteiger partial charge on any atom is -0.375 e. The van der Waals surface area contributed by atoms with Crippen molar-refractivity contribution in [2.45, 2.75) is 94.4 Å². The topological polar surface area (TPSA) is 61.9 Å². The van der Waals surface area contributed by atoms with Crippen LogP contribution in [0.15, 0.2) is 30.3 Å². The number of carbonyl (C=O) groups is 2. The van der Waals surface area contributed by atoms with Gasteiger partial charge in [0.15, 0.2) is 0 Å². The van der Waals surface area contributed by atoms with Crippen molar-refractivity contribution in [2.24, 2.45) is 0 Å². The van der Waals surface area contributed by atoms with Gasteiger partial charge in [-0.25, -0.2) is 4.79 Å². The average molecular weight is 440 g/mol. The molecule has 2 saturated carbocycles. The van der Waals surface area contributed by atoms with Gasteiger partial charge in [0.2, 0.25) is 5.91 Å². The van der Waals surface area contributed by atoms with Gasteiger partial charge in [-0.2, -0.15) is 0 Å². The quantitative estimate of drug-likeness (QED) is 0.758. The molecule has 174 valence electrons. The van der Waals surface area contributed by atoms with Crippen molar-refractivity contribution < 1.29 is 14.3 Å². The fraction of sp³-hybridized carbons (Fsp3) is 0.692. The van der Waals surface area contributed by atoms with Crippen LogP contribution in [0.5, 0.6) is 0 Å². The molecule has 1 atom stereocenters. The molecule has 1 aromatic carbocycles. The molecular weight excluding hydrogens is 402 g/mol. The SMILES string of the molecule is CC(C)NC(=O)N(C1CC1)C1CCOC2(CCN(C(=O)C3(c4ccccc4)CC3)CC2)C1. The molecule has 32 heavy (non-hydrogen) atoms. The number of hydrogen-bond donors (Lipinski definition) is 1. The first-order valence-corrected chi connectivity index (χ1v) is 12.5. The number of hydrogen-bond acceptors (Lipinski definition) is 3. The number of rotatable bonds is 5. The van der Waals surface area contributed by atoms with Crippen LogP contribution < -0.4 is 5.32 Å². The Kier molecular flexibility index (Phi) is 5.68. The maximum absolute atomic E-state index is 13.4. The summed E-state index contributed by atoms with van der Waals surface area (Å²) in [5.41, 5.74) is 0.670. The normalized spacial score (nSPS) is 26.1. The van der Waals surface area contributed by atoms with Gasteiger partial charge in [0.25, 0.3) is 0 Å². The van der Waals surface area contributed by atoms with E-state index in [1.807, 2.05) is 32.0 Å². The fourth-order valence-corrected chi connectivity index (χ4v) is 5.82. The van der Waals surface area contributed by atoms with Gasteiger partial charge in [-0.15, -0.1) is 0 Å². The van der Waals surface area contributed by atoms with Crippen molar-refractivity contribution in [3.8, 4) is 0 Å². The van der Waals surface area contributed by atoms with E-state index in [4.69, 9.17) is 4.74 Å². The summed E-state index contributed by atoms with van der Waals surface area (Å²) in [6.07, 6.45) is 7.66. The summed E-state index contributed by atoms with van der Waals surface area (Å²) in [5.74, 6) is 0.293. The summed E-state index contributed by atoms with van der Waals surface area (Å²) in [5, 5.41) is 3.11. The maximum atomic E-state index is 13.4. The van der Waals surface area contributed by atoms with Crippen molar-refractivity contribution in [3.05, 3.63) is 35.9 Å². The molecule has 1 spiro atoms. The predicted molar refractivity (Wildman–Crippen MR) is 123 cm³/mol. The second-order valence-corrected chi connectivity index (χ2v) is 10.7. The lowest BCUT2D eigenvalue weighted by Crippen LogP contribution is -2.58. The van der Waals surface area contributed by atoms with Gasteiger partial charge in [-0.05, 0) is 70.8 Å². The van der Waals surface area contributed by atoms with Crippen LogP contribution in [-0.4, -0.2) is 65.2 Å². The number of piperidine rings is 1. The van der Waals surface area contributed by atoms with Gasteiger partial charge in [0.05, 0.1) is 11.0 Å². The molecule has 2 aliphatic carbocycles. The van der Waals surface area contributed by atoms with Crippen molar-refractivity contribution in [1.29, 1.82) is 0 Å². The van der Waals surface area contributed by atoms with Crippen LogP contribution in [0.2, 0.25) is 0 Å². The molecule has 0 aromatic heterocycles. The molecule has 4 aliphatic rings. The number of amides is 3. The van der Waals surface area contributed by atoms with Gasteiger partial charge in [-0.3, -0.25) is 4.79 Å². The van der Waals surface area contributed by atoms with E-state index in [9.17, 15) is 9.59 Å². The lowest BCUT2D eigenvalue weighted by molar-refractivity contribution is -0.149. The minimum atomic E-state index is -0.292. The molecular formula is C26H37N3O3. The third-order valence-corrected chi connectivity index (χ3v) is 7.89. The van der Waals surface area contributed by atoms with Crippen LogP contribution in [0.3, 0.4) is 0 Å².